The van der Waals surface area contributed by atoms with Gasteiger partial charge in [0.25, 0.3) is 0 Å². The molecule has 0 unspecified atom stereocenters. The summed E-state index contributed by atoms with van der Waals surface area (Å²) in [6.07, 6.45) is 7.62. The molecule has 1 atom stereocenters. The van der Waals surface area contributed by atoms with Crippen molar-refractivity contribution in [3.8, 4) is 0 Å². The van der Waals surface area contributed by atoms with Crippen LogP contribution in [-0.2, 0) is 4.79 Å². The highest BCUT2D eigenvalue weighted by atomic mass is 32.2. The highest BCUT2D eigenvalue weighted by Gasteiger charge is 2.30. The number of likely N-dealkylation sites (N-methyl/N-ethyl adjacent to an activating group) is 1. The fourth-order valence-electron chi connectivity index (χ4n) is 3.47. The quantitative estimate of drug-likeness (QED) is 0.836. The fourth-order valence-corrected chi connectivity index (χ4v) is 4.76. The number of thioether (sulfide) groups is 1. The summed E-state index contributed by atoms with van der Waals surface area (Å²) in [5, 5.41) is 0. The summed E-state index contributed by atoms with van der Waals surface area (Å²) in [6, 6.07) is 6.70. The van der Waals surface area contributed by atoms with Gasteiger partial charge < -0.3 is 0 Å². The van der Waals surface area contributed by atoms with Gasteiger partial charge >= 0.3 is 0 Å². The van der Waals surface area contributed by atoms with E-state index < -0.39 is 0 Å². The molecule has 0 bridgehead atoms. The maximum atomic E-state index is 12.9. The minimum absolute atomic E-state index is 0.199. The monoisotopic (exact) mass is 319 g/mol. The summed E-state index contributed by atoms with van der Waals surface area (Å²) in [4.78, 5) is 21.6. The van der Waals surface area contributed by atoms with Crippen molar-refractivity contribution in [3.05, 3.63) is 24.4 Å². The van der Waals surface area contributed by atoms with Crippen LogP contribution in [0.5, 0.6) is 0 Å². The molecule has 1 aliphatic heterocycles. The Bertz CT molecular complexity index is 484. The molecule has 3 rings (SSSR count). The Balaban J connectivity index is 1.71. The minimum Gasteiger partial charge on any atom is -0.294 e. The van der Waals surface area contributed by atoms with E-state index in [1.165, 1.54) is 25.0 Å². The molecule has 2 heterocycles. The molecule has 1 saturated heterocycles. The molecule has 0 aromatic carbocycles. The smallest absolute Gasteiger partial charge is 0.242 e. The third-order valence-corrected chi connectivity index (χ3v) is 5.91. The second-order valence-electron chi connectivity index (χ2n) is 6.32. The molecule has 2 fully saturated rings. The molecule has 0 spiro atoms. The molecule has 120 valence electrons. The number of rotatable bonds is 5. The summed E-state index contributed by atoms with van der Waals surface area (Å²) >= 11 is 1.99. The van der Waals surface area contributed by atoms with E-state index in [9.17, 15) is 4.79 Å². The van der Waals surface area contributed by atoms with Crippen molar-refractivity contribution in [2.75, 3.05) is 30.0 Å². The number of hydrogen-bond donors (Lipinski definition) is 0. The van der Waals surface area contributed by atoms with Crippen LogP contribution in [0.1, 0.15) is 32.1 Å². The van der Waals surface area contributed by atoms with E-state index in [1.54, 1.807) is 6.20 Å². The van der Waals surface area contributed by atoms with Gasteiger partial charge in [-0.3, -0.25) is 14.6 Å². The second kappa shape index (κ2) is 7.47. The number of nitrogens with zero attached hydrogens (tertiary/aromatic N) is 3. The third kappa shape index (κ3) is 3.63. The van der Waals surface area contributed by atoms with Crippen molar-refractivity contribution in [2.45, 2.75) is 44.2 Å². The lowest BCUT2D eigenvalue weighted by Crippen LogP contribution is -2.47. The first-order valence-corrected chi connectivity index (χ1v) is 9.42. The van der Waals surface area contributed by atoms with E-state index in [-0.39, 0.29) is 5.91 Å². The van der Waals surface area contributed by atoms with Crippen molar-refractivity contribution < 1.29 is 4.79 Å². The maximum absolute atomic E-state index is 12.9. The summed E-state index contributed by atoms with van der Waals surface area (Å²) in [5.74, 6) is 3.38. The van der Waals surface area contributed by atoms with Crippen LogP contribution >= 0.6 is 11.8 Å². The number of pyridine rings is 1. The molecule has 5 heteroatoms. The number of hydrogen-bond acceptors (Lipinski definition) is 4. The standard InChI is InChI=1S/C17H25N3OS/c1-19(15-9-11-22-13-15)12-17(21)20(14-6-2-3-7-14)16-8-4-5-10-18-16/h4-5,8,10,14-15H,2-3,6-7,9,11-13H2,1H3/t15-/m0/s1. The zero-order chi connectivity index (χ0) is 15.4. The normalized spacial score (nSPS) is 22.4. The number of carbonyl (C=O) groups is 1. The largest absolute Gasteiger partial charge is 0.294 e. The Morgan fingerprint density at radius 2 is 2.09 bits per heavy atom. The third-order valence-electron chi connectivity index (χ3n) is 4.77. The summed E-state index contributed by atoms with van der Waals surface area (Å²) in [6.45, 7) is 0.498. The van der Waals surface area contributed by atoms with Crippen LogP contribution in [0.4, 0.5) is 5.82 Å². The molecule has 4 nitrogen and oxygen atoms in total. The predicted octanol–water partition coefficient (Wildman–Crippen LogP) is 2.79. The van der Waals surface area contributed by atoms with Crippen molar-refractivity contribution in [2.24, 2.45) is 0 Å². The number of carbonyl (C=O) groups excluding carboxylic acids is 1. The highest BCUT2D eigenvalue weighted by Crippen LogP contribution is 2.28. The SMILES string of the molecule is CN(CC(=O)N(c1ccccn1)C1CCCC1)[C@H]1CCSC1. The molecule has 1 aromatic rings. The predicted molar refractivity (Wildman–Crippen MR) is 92.3 cm³/mol. The van der Waals surface area contributed by atoms with Crippen LogP contribution in [-0.4, -0.2) is 53.0 Å². The average Bonchev–Trinajstić information content (AvgIpc) is 3.22. The van der Waals surface area contributed by atoms with Gasteiger partial charge in [0.1, 0.15) is 5.82 Å². The van der Waals surface area contributed by atoms with Gasteiger partial charge in [-0.25, -0.2) is 4.98 Å². The molecule has 1 amide bonds. The van der Waals surface area contributed by atoms with Gasteiger partial charge in [-0.2, -0.15) is 11.8 Å². The van der Waals surface area contributed by atoms with Crippen molar-refractivity contribution in [1.82, 2.24) is 9.88 Å². The molecular weight excluding hydrogens is 294 g/mol. The zero-order valence-electron chi connectivity index (χ0n) is 13.3. The molecule has 1 aliphatic carbocycles. The summed E-state index contributed by atoms with van der Waals surface area (Å²) in [5.41, 5.74) is 0. The minimum atomic E-state index is 0.199. The van der Waals surface area contributed by atoms with E-state index >= 15 is 0 Å². The molecular formula is C17H25N3OS. The van der Waals surface area contributed by atoms with E-state index in [1.807, 2.05) is 34.9 Å². The van der Waals surface area contributed by atoms with Gasteiger partial charge in [0, 0.05) is 24.0 Å². The topological polar surface area (TPSA) is 36.4 Å². The van der Waals surface area contributed by atoms with Crippen molar-refractivity contribution in [3.63, 3.8) is 0 Å². The van der Waals surface area contributed by atoms with Crippen LogP contribution in [0.25, 0.3) is 0 Å². The van der Waals surface area contributed by atoms with Gasteiger partial charge in [0.2, 0.25) is 5.91 Å². The van der Waals surface area contributed by atoms with E-state index in [0.717, 1.165) is 24.4 Å². The first-order chi connectivity index (χ1) is 10.8. The Morgan fingerprint density at radius 1 is 1.27 bits per heavy atom. The number of anilines is 1. The molecule has 2 aliphatic rings. The lowest BCUT2D eigenvalue weighted by molar-refractivity contribution is -0.120. The van der Waals surface area contributed by atoms with Crippen molar-refractivity contribution >= 4 is 23.5 Å². The molecule has 22 heavy (non-hydrogen) atoms. The van der Waals surface area contributed by atoms with Gasteiger partial charge in [0.15, 0.2) is 0 Å². The Labute approximate surface area is 137 Å². The van der Waals surface area contributed by atoms with Crippen LogP contribution in [0.2, 0.25) is 0 Å². The fraction of sp³-hybridized carbons (Fsp3) is 0.647. The number of aromatic nitrogens is 1. The van der Waals surface area contributed by atoms with E-state index in [4.69, 9.17) is 0 Å². The first kappa shape index (κ1) is 15.8. The van der Waals surface area contributed by atoms with E-state index in [2.05, 4.69) is 16.9 Å². The summed E-state index contributed by atoms with van der Waals surface area (Å²) < 4.78 is 0. The van der Waals surface area contributed by atoms with Crippen LogP contribution in [0.3, 0.4) is 0 Å². The highest BCUT2D eigenvalue weighted by molar-refractivity contribution is 7.99. The molecule has 1 aromatic heterocycles. The lowest BCUT2D eigenvalue weighted by atomic mass is 10.2. The molecule has 0 N–H and O–H groups in total. The Kier molecular flexibility index (Phi) is 5.37. The van der Waals surface area contributed by atoms with Crippen molar-refractivity contribution in [1.29, 1.82) is 0 Å². The maximum Gasteiger partial charge on any atom is 0.242 e. The summed E-state index contributed by atoms with van der Waals surface area (Å²) in [7, 11) is 2.08. The molecule has 1 saturated carbocycles. The second-order valence-corrected chi connectivity index (χ2v) is 7.47. The van der Waals surface area contributed by atoms with Gasteiger partial charge in [-0.1, -0.05) is 18.9 Å². The number of amides is 1. The first-order valence-electron chi connectivity index (χ1n) is 8.27. The van der Waals surface area contributed by atoms with E-state index in [0.29, 0.717) is 18.6 Å². The zero-order valence-corrected chi connectivity index (χ0v) is 14.1. The van der Waals surface area contributed by atoms with Crippen LogP contribution in [0.15, 0.2) is 24.4 Å². The van der Waals surface area contributed by atoms with Gasteiger partial charge in [0.05, 0.1) is 6.54 Å². The average molecular weight is 319 g/mol. The van der Waals surface area contributed by atoms with Gasteiger partial charge in [-0.15, -0.1) is 0 Å². The van der Waals surface area contributed by atoms with Gasteiger partial charge in [-0.05, 0) is 44.2 Å². The Hall–Kier alpha value is -1.07. The van der Waals surface area contributed by atoms with Crippen LogP contribution in [0, 0.1) is 0 Å². The molecule has 0 radical (unpaired) electrons. The lowest BCUT2D eigenvalue weighted by Gasteiger charge is -2.31. The van der Waals surface area contributed by atoms with Crippen LogP contribution < -0.4 is 4.90 Å². The Morgan fingerprint density at radius 3 is 2.73 bits per heavy atom.